The fourth-order valence-electron chi connectivity index (χ4n) is 3.66. The van der Waals surface area contributed by atoms with E-state index in [-0.39, 0.29) is 11.6 Å². The van der Waals surface area contributed by atoms with Gasteiger partial charge in [0.2, 0.25) is 0 Å². The van der Waals surface area contributed by atoms with Crippen LogP contribution >= 0.6 is 0 Å². The molecule has 146 valence electrons. The van der Waals surface area contributed by atoms with Gasteiger partial charge in [-0.1, -0.05) is 26.0 Å². The molecule has 1 aliphatic carbocycles. The van der Waals surface area contributed by atoms with Crippen LogP contribution in [-0.2, 0) is 0 Å². The summed E-state index contributed by atoms with van der Waals surface area (Å²) in [7, 11) is 0. The number of halogens is 3. The third-order valence-corrected chi connectivity index (χ3v) is 4.96. The first kappa shape index (κ1) is 20.6. The number of nitrogens with zero attached hydrogens (tertiary/aromatic N) is 1. The van der Waals surface area contributed by atoms with Gasteiger partial charge in [-0.3, -0.25) is 4.79 Å². The van der Waals surface area contributed by atoms with Gasteiger partial charge in [-0.2, -0.15) is 0 Å². The highest BCUT2D eigenvalue weighted by atomic mass is 19.4. The Labute approximate surface area is 152 Å². The number of para-hydroxylation sites is 1. The highest BCUT2D eigenvalue weighted by molar-refractivity contribution is 5.97. The minimum Gasteiger partial charge on any atom is -0.405 e. The number of nitrogens with one attached hydrogen (secondary N) is 1. The molecule has 1 aromatic carbocycles. The van der Waals surface area contributed by atoms with Crippen molar-refractivity contribution in [1.82, 2.24) is 10.2 Å². The molecule has 0 aliphatic heterocycles. The van der Waals surface area contributed by atoms with Gasteiger partial charge in [0.15, 0.2) is 0 Å². The van der Waals surface area contributed by atoms with Crippen LogP contribution < -0.4 is 10.1 Å². The van der Waals surface area contributed by atoms with E-state index in [1.807, 2.05) is 0 Å². The van der Waals surface area contributed by atoms with Crippen molar-refractivity contribution >= 4 is 5.91 Å². The topological polar surface area (TPSA) is 41.6 Å². The van der Waals surface area contributed by atoms with Gasteiger partial charge >= 0.3 is 6.36 Å². The molecule has 1 fully saturated rings. The molecule has 7 heteroatoms. The molecule has 1 aliphatic rings. The molecule has 0 heterocycles. The average Bonchev–Trinajstić information content (AvgIpc) is 2.81. The number of carbonyl (C=O) groups is 1. The van der Waals surface area contributed by atoms with Crippen LogP contribution in [0.4, 0.5) is 13.2 Å². The number of ether oxygens (including phenoxy) is 1. The third-order valence-electron chi connectivity index (χ3n) is 4.96. The van der Waals surface area contributed by atoms with E-state index in [9.17, 15) is 18.0 Å². The van der Waals surface area contributed by atoms with Crippen LogP contribution in [0.2, 0.25) is 0 Å². The second-order valence-electron chi connectivity index (χ2n) is 6.60. The molecule has 0 spiro atoms. The maximum absolute atomic E-state index is 12.5. The van der Waals surface area contributed by atoms with Crippen molar-refractivity contribution in [2.45, 2.75) is 64.4 Å². The highest BCUT2D eigenvalue weighted by Gasteiger charge is 2.33. The molecule has 4 nitrogen and oxygen atoms in total. The summed E-state index contributed by atoms with van der Waals surface area (Å²) in [6, 6.07) is 5.94. The van der Waals surface area contributed by atoms with Crippen LogP contribution in [0.5, 0.6) is 5.75 Å². The molecule has 1 saturated carbocycles. The fraction of sp³-hybridized carbons (Fsp3) is 0.632. The molecular weight excluding hydrogens is 345 g/mol. The Hall–Kier alpha value is -1.76. The van der Waals surface area contributed by atoms with E-state index in [4.69, 9.17) is 0 Å². The highest BCUT2D eigenvalue weighted by Crippen LogP contribution is 2.27. The van der Waals surface area contributed by atoms with Crippen molar-refractivity contribution in [3.8, 4) is 5.75 Å². The van der Waals surface area contributed by atoms with E-state index in [0.717, 1.165) is 51.3 Å². The summed E-state index contributed by atoms with van der Waals surface area (Å²) in [4.78, 5) is 14.9. The van der Waals surface area contributed by atoms with E-state index in [2.05, 4.69) is 28.8 Å². The Morgan fingerprint density at radius 1 is 1.15 bits per heavy atom. The van der Waals surface area contributed by atoms with Crippen LogP contribution in [0.25, 0.3) is 0 Å². The number of alkyl halides is 3. The number of hydrogen-bond donors (Lipinski definition) is 1. The average molecular weight is 372 g/mol. The Balaban J connectivity index is 2.00. The first-order valence-corrected chi connectivity index (χ1v) is 9.23. The number of rotatable bonds is 6. The zero-order valence-electron chi connectivity index (χ0n) is 15.3. The van der Waals surface area contributed by atoms with E-state index in [1.54, 1.807) is 0 Å². The number of benzene rings is 1. The van der Waals surface area contributed by atoms with Gasteiger partial charge in [0.05, 0.1) is 5.56 Å². The smallest absolute Gasteiger partial charge is 0.405 e. The predicted molar refractivity (Wildman–Crippen MR) is 94.2 cm³/mol. The molecule has 2 unspecified atom stereocenters. The molecule has 2 atom stereocenters. The zero-order chi connectivity index (χ0) is 19.2. The normalized spacial score (nSPS) is 21.3. The van der Waals surface area contributed by atoms with Crippen LogP contribution in [0, 0.1) is 0 Å². The molecule has 0 bridgehead atoms. The Morgan fingerprint density at radius 2 is 1.85 bits per heavy atom. The molecule has 0 aromatic heterocycles. The third kappa shape index (κ3) is 5.90. The number of hydrogen-bond acceptors (Lipinski definition) is 3. The zero-order valence-corrected chi connectivity index (χ0v) is 15.3. The SMILES string of the molecule is CCN(CC)C1CCCC(NC(=O)c2ccccc2OC(F)(F)F)CC1. The summed E-state index contributed by atoms with van der Waals surface area (Å²) >= 11 is 0. The maximum Gasteiger partial charge on any atom is 0.573 e. The van der Waals surface area contributed by atoms with Gasteiger partial charge in [-0.15, -0.1) is 13.2 Å². The second-order valence-corrected chi connectivity index (χ2v) is 6.60. The second kappa shape index (κ2) is 9.26. The van der Waals surface area contributed by atoms with Crippen LogP contribution in [0.15, 0.2) is 24.3 Å². The van der Waals surface area contributed by atoms with E-state index < -0.39 is 18.0 Å². The molecule has 1 aromatic rings. The Kier molecular flexibility index (Phi) is 7.32. The lowest BCUT2D eigenvalue weighted by atomic mass is 10.1. The van der Waals surface area contributed by atoms with Gasteiger partial charge in [0.1, 0.15) is 5.75 Å². The van der Waals surface area contributed by atoms with Gasteiger partial charge in [-0.25, -0.2) is 0 Å². The first-order valence-electron chi connectivity index (χ1n) is 9.23. The van der Waals surface area contributed by atoms with Crippen LogP contribution in [0.1, 0.15) is 56.3 Å². The molecule has 2 rings (SSSR count). The minimum absolute atomic E-state index is 0.0259. The van der Waals surface area contributed by atoms with Crippen molar-refractivity contribution in [3.05, 3.63) is 29.8 Å². The molecule has 0 radical (unpaired) electrons. The Morgan fingerprint density at radius 3 is 2.50 bits per heavy atom. The lowest BCUT2D eigenvalue weighted by Gasteiger charge is -2.28. The summed E-state index contributed by atoms with van der Waals surface area (Å²) in [6.45, 7) is 6.29. The van der Waals surface area contributed by atoms with Crippen molar-refractivity contribution in [1.29, 1.82) is 0 Å². The van der Waals surface area contributed by atoms with E-state index >= 15 is 0 Å². The molecule has 26 heavy (non-hydrogen) atoms. The summed E-state index contributed by atoms with van der Waals surface area (Å²) in [5.74, 6) is -0.983. The van der Waals surface area contributed by atoms with Gasteiger partial charge in [0.25, 0.3) is 5.91 Å². The Bertz CT molecular complexity index is 588. The van der Waals surface area contributed by atoms with Gasteiger partial charge < -0.3 is 15.0 Å². The van der Waals surface area contributed by atoms with Crippen molar-refractivity contribution in [3.63, 3.8) is 0 Å². The van der Waals surface area contributed by atoms with Crippen molar-refractivity contribution < 1.29 is 22.7 Å². The number of amides is 1. The standard InChI is InChI=1S/C19H27F3N2O2/c1-3-24(4-2)15-9-7-8-14(12-13-15)23-18(25)16-10-5-6-11-17(16)26-19(20,21)22/h5-6,10-11,14-15H,3-4,7-9,12-13H2,1-2H3,(H,23,25). The largest absolute Gasteiger partial charge is 0.573 e. The van der Waals surface area contributed by atoms with E-state index in [0.29, 0.717) is 6.04 Å². The number of carbonyl (C=O) groups excluding carboxylic acids is 1. The lowest BCUT2D eigenvalue weighted by molar-refractivity contribution is -0.274. The van der Waals surface area contributed by atoms with Gasteiger partial charge in [-0.05, 0) is 57.3 Å². The monoisotopic (exact) mass is 372 g/mol. The maximum atomic E-state index is 12.5. The molecule has 0 saturated heterocycles. The van der Waals surface area contributed by atoms with Crippen LogP contribution in [-0.4, -0.2) is 42.3 Å². The quantitative estimate of drug-likeness (QED) is 0.755. The summed E-state index contributed by atoms with van der Waals surface area (Å²) in [5.41, 5.74) is -0.0886. The molecule has 1 N–H and O–H groups in total. The molecular formula is C19H27F3N2O2. The lowest BCUT2D eigenvalue weighted by Crippen LogP contribution is -2.37. The molecule has 1 amide bonds. The summed E-state index contributed by atoms with van der Waals surface area (Å²) in [6.07, 6.45) is -0.0986. The first-order chi connectivity index (χ1) is 12.3. The van der Waals surface area contributed by atoms with Crippen molar-refractivity contribution in [2.24, 2.45) is 0 Å². The predicted octanol–water partition coefficient (Wildman–Crippen LogP) is 4.36. The van der Waals surface area contributed by atoms with Crippen LogP contribution in [0.3, 0.4) is 0 Å². The summed E-state index contributed by atoms with van der Waals surface area (Å²) < 4.78 is 41.6. The van der Waals surface area contributed by atoms with Crippen molar-refractivity contribution in [2.75, 3.05) is 13.1 Å². The minimum atomic E-state index is -4.82. The fourth-order valence-corrected chi connectivity index (χ4v) is 3.66. The van der Waals surface area contributed by atoms with E-state index in [1.165, 1.54) is 18.2 Å². The summed E-state index contributed by atoms with van der Waals surface area (Å²) in [5, 5.41) is 2.89. The van der Waals surface area contributed by atoms with Gasteiger partial charge in [0, 0.05) is 12.1 Å².